The van der Waals surface area contributed by atoms with E-state index in [-0.39, 0.29) is 31.7 Å². The topological polar surface area (TPSA) is 43.7 Å². The molecule has 2 rings (SSSR count). The second-order valence-electron chi connectivity index (χ2n) is 6.80. The minimum Gasteiger partial charge on any atom is -0.508 e. The SMILES string of the molecule is Cc1cc(O)c(CN2CCC(O)(C(F)(F)F)CC2)cc1C(C)C. The zero-order valence-electron chi connectivity index (χ0n) is 13.7. The molecule has 0 atom stereocenters. The molecule has 0 saturated carbocycles. The fraction of sp³-hybridized carbons (Fsp3) is 0.647. The third-order valence-electron chi connectivity index (χ3n) is 4.69. The van der Waals surface area contributed by atoms with Crippen molar-refractivity contribution in [1.29, 1.82) is 0 Å². The lowest BCUT2D eigenvalue weighted by Crippen LogP contribution is -2.53. The Balaban J connectivity index is 2.09. The van der Waals surface area contributed by atoms with Crippen LogP contribution in [0.25, 0.3) is 0 Å². The van der Waals surface area contributed by atoms with Gasteiger partial charge in [0.2, 0.25) is 0 Å². The summed E-state index contributed by atoms with van der Waals surface area (Å²) in [5.74, 6) is 0.481. The van der Waals surface area contributed by atoms with Gasteiger partial charge in [-0.25, -0.2) is 0 Å². The molecule has 1 fully saturated rings. The van der Waals surface area contributed by atoms with E-state index in [0.29, 0.717) is 12.5 Å². The van der Waals surface area contributed by atoms with Crippen LogP contribution in [0.5, 0.6) is 5.75 Å². The van der Waals surface area contributed by atoms with Crippen LogP contribution in [0.15, 0.2) is 12.1 Å². The van der Waals surface area contributed by atoms with Crippen molar-refractivity contribution >= 4 is 0 Å². The van der Waals surface area contributed by atoms with Crippen molar-refractivity contribution in [2.45, 2.75) is 57.9 Å². The molecule has 1 heterocycles. The van der Waals surface area contributed by atoms with Crippen LogP contribution < -0.4 is 0 Å². The molecule has 0 amide bonds. The van der Waals surface area contributed by atoms with Gasteiger partial charge in [0.25, 0.3) is 0 Å². The van der Waals surface area contributed by atoms with Crippen molar-refractivity contribution in [2.75, 3.05) is 13.1 Å². The molecule has 1 aliphatic rings. The number of hydrogen-bond donors (Lipinski definition) is 2. The van der Waals surface area contributed by atoms with Crippen LogP contribution >= 0.6 is 0 Å². The zero-order valence-corrected chi connectivity index (χ0v) is 13.7. The summed E-state index contributed by atoms with van der Waals surface area (Å²) < 4.78 is 38.5. The van der Waals surface area contributed by atoms with Crippen molar-refractivity contribution in [3.8, 4) is 5.75 Å². The Kier molecular flexibility index (Phi) is 4.97. The first kappa shape index (κ1) is 18.1. The van der Waals surface area contributed by atoms with Gasteiger partial charge in [-0.3, -0.25) is 4.90 Å². The number of benzene rings is 1. The van der Waals surface area contributed by atoms with Crippen molar-refractivity contribution in [1.82, 2.24) is 4.90 Å². The van der Waals surface area contributed by atoms with Gasteiger partial charge < -0.3 is 10.2 Å². The minimum absolute atomic E-state index is 0.153. The van der Waals surface area contributed by atoms with Gasteiger partial charge in [-0.15, -0.1) is 0 Å². The molecule has 1 aromatic rings. The highest BCUT2D eigenvalue weighted by Gasteiger charge is 2.54. The lowest BCUT2D eigenvalue weighted by molar-refractivity contribution is -0.272. The normalized spacial score (nSPS) is 19.3. The Morgan fingerprint density at radius 2 is 1.78 bits per heavy atom. The Labute approximate surface area is 134 Å². The molecule has 130 valence electrons. The highest BCUT2D eigenvalue weighted by Crippen LogP contribution is 2.39. The number of aromatic hydroxyl groups is 1. The molecule has 3 nitrogen and oxygen atoms in total. The van der Waals surface area contributed by atoms with E-state index in [1.807, 2.05) is 17.9 Å². The standard InChI is InChI=1S/C17H24F3NO2/c1-11(2)14-9-13(15(22)8-12(14)3)10-21-6-4-16(23,5-7-21)17(18,19)20/h8-9,11,22-23H,4-7,10H2,1-3H3. The molecule has 1 saturated heterocycles. The number of nitrogens with zero attached hydrogens (tertiary/aromatic N) is 1. The van der Waals surface area contributed by atoms with E-state index in [0.717, 1.165) is 16.7 Å². The summed E-state index contributed by atoms with van der Waals surface area (Å²) in [4.78, 5) is 1.84. The van der Waals surface area contributed by atoms with E-state index >= 15 is 0 Å². The highest BCUT2D eigenvalue weighted by molar-refractivity contribution is 5.42. The Morgan fingerprint density at radius 3 is 2.26 bits per heavy atom. The molecular formula is C17H24F3NO2. The Bertz CT molecular complexity index is 562. The van der Waals surface area contributed by atoms with E-state index in [1.165, 1.54) is 0 Å². The predicted molar refractivity (Wildman–Crippen MR) is 82.4 cm³/mol. The number of aliphatic hydroxyl groups is 1. The molecule has 0 spiro atoms. The first-order valence-electron chi connectivity index (χ1n) is 7.87. The summed E-state index contributed by atoms with van der Waals surface area (Å²) in [5, 5.41) is 19.8. The lowest BCUT2D eigenvalue weighted by Gasteiger charge is -2.39. The summed E-state index contributed by atoms with van der Waals surface area (Å²) in [6.07, 6.45) is -5.25. The van der Waals surface area contributed by atoms with Crippen LogP contribution in [0.1, 0.15) is 49.3 Å². The zero-order chi connectivity index (χ0) is 17.4. The summed E-state index contributed by atoms with van der Waals surface area (Å²) >= 11 is 0. The molecule has 1 aromatic carbocycles. The van der Waals surface area contributed by atoms with Crippen molar-refractivity contribution < 1.29 is 23.4 Å². The van der Waals surface area contributed by atoms with Crippen molar-refractivity contribution in [3.05, 3.63) is 28.8 Å². The molecular weight excluding hydrogens is 307 g/mol. The monoisotopic (exact) mass is 331 g/mol. The summed E-state index contributed by atoms with van der Waals surface area (Å²) in [6.45, 7) is 6.75. The molecule has 2 N–H and O–H groups in total. The maximum atomic E-state index is 12.8. The summed E-state index contributed by atoms with van der Waals surface area (Å²) in [6, 6.07) is 3.64. The number of rotatable bonds is 3. The van der Waals surface area contributed by atoms with E-state index in [9.17, 15) is 23.4 Å². The minimum atomic E-state index is -4.59. The first-order valence-corrected chi connectivity index (χ1v) is 7.87. The smallest absolute Gasteiger partial charge is 0.417 e. The number of piperidine rings is 1. The second kappa shape index (κ2) is 6.32. The van der Waals surface area contributed by atoms with E-state index < -0.39 is 11.8 Å². The third kappa shape index (κ3) is 3.80. The van der Waals surface area contributed by atoms with E-state index in [2.05, 4.69) is 13.8 Å². The van der Waals surface area contributed by atoms with Gasteiger partial charge in [-0.1, -0.05) is 19.9 Å². The second-order valence-corrected chi connectivity index (χ2v) is 6.80. The molecule has 0 bridgehead atoms. The van der Waals surface area contributed by atoms with E-state index in [4.69, 9.17) is 0 Å². The maximum Gasteiger partial charge on any atom is 0.417 e. The quantitative estimate of drug-likeness (QED) is 0.887. The lowest BCUT2D eigenvalue weighted by atomic mass is 9.90. The van der Waals surface area contributed by atoms with Crippen LogP contribution in [0, 0.1) is 6.92 Å². The van der Waals surface area contributed by atoms with Gasteiger partial charge in [-0.05, 0) is 42.9 Å². The number of alkyl halides is 3. The molecule has 23 heavy (non-hydrogen) atoms. The third-order valence-corrected chi connectivity index (χ3v) is 4.69. The molecule has 6 heteroatoms. The number of halogens is 3. The molecule has 0 radical (unpaired) electrons. The van der Waals surface area contributed by atoms with Crippen molar-refractivity contribution in [2.24, 2.45) is 0 Å². The van der Waals surface area contributed by atoms with Gasteiger partial charge in [0.15, 0.2) is 5.60 Å². The maximum absolute atomic E-state index is 12.8. The molecule has 1 aliphatic heterocycles. The van der Waals surface area contributed by atoms with Crippen molar-refractivity contribution in [3.63, 3.8) is 0 Å². The first-order chi connectivity index (χ1) is 10.5. The number of aryl methyl sites for hydroxylation is 1. The fourth-order valence-corrected chi connectivity index (χ4v) is 3.11. The van der Waals surface area contributed by atoms with Crippen LogP contribution in [0.4, 0.5) is 13.2 Å². The largest absolute Gasteiger partial charge is 0.508 e. The summed E-state index contributed by atoms with van der Waals surface area (Å²) in [7, 11) is 0. The molecule has 0 unspecified atom stereocenters. The number of hydrogen-bond acceptors (Lipinski definition) is 3. The van der Waals surface area contributed by atoms with Gasteiger partial charge >= 0.3 is 6.18 Å². The van der Waals surface area contributed by atoms with Crippen LogP contribution in [0.3, 0.4) is 0 Å². The average molecular weight is 331 g/mol. The van der Waals surface area contributed by atoms with Gasteiger partial charge in [0, 0.05) is 25.2 Å². The Hall–Kier alpha value is -1.27. The van der Waals surface area contributed by atoms with Crippen LogP contribution in [-0.2, 0) is 6.54 Å². The van der Waals surface area contributed by atoms with Gasteiger partial charge in [-0.2, -0.15) is 13.2 Å². The number of likely N-dealkylation sites (tertiary alicyclic amines) is 1. The van der Waals surface area contributed by atoms with Crippen LogP contribution in [0.2, 0.25) is 0 Å². The fourth-order valence-electron chi connectivity index (χ4n) is 3.11. The predicted octanol–water partition coefficient (Wildman–Crippen LogP) is 3.71. The average Bonchev–Trinajstić information content (AvgIpc) is 2.42. The molecule has 0 aromatic heterocycles. The number of phenols is 1. The Morgan fingerprint density at radius 1 is 1.22 bits per heavy atom. The highest BCUT2D eigenvalue weighted by atomic mass is 19.4. The van der Waals surface area contributed by atoms with Crippen LogP contribution in [-0.4, -0.2) is 40.0 Å². The van der Waals surface area contributed by atoms with Gasteiger partial charge in [0.05, 0.1) is 0 Å². The summed E-state index contributed by atoms with van der Waals surface area (Å²) in [5.41, 5.74) is 0.270. The number of phenolic OH excluding ortho intramolecular Hbond substituents is 1. The van der Waals surface area contributed by atoms with Gasteiger partial charge in [0.1, 0.15) is 5.75 Å². The molecule has 0 aliphatic carbocycles. The van der Waals surface area contributed by atoms with E-state index in [1.54, 1.807) is 6.07 Å².